The molecule has 2 nitrogen and oxygen atoms in total. The van der Waals surface area contributed by atoms with Crippen LogP contribution in [0.25, 0.3) is 16.3 Å². The average molecular weight is 261 g/mol. The van der Waals surface area contributed by atoms with E-state index in [0.29, 0.717) is 0 Å². The minimum absolute atomic E-state index is 1.10. The molecule has 0 spiro atoms. The van der Waals surface area contributed by atoms with Gasteiger partial charge in [-0.15, -0.1) is 0 Å². The zero-order valence-electron chi connectivity index (χ0n) is 11.4. The highest BCUT2D eigenvalue weighted by Gasteiger charge is 2.17. The standard InChI is InChI=1S/C15H21N2S/c1-4-5-11-17-13-8-6-7-9-14(13)18-15(17)10-12-16(2)3/h6-10,12H,4-5,11H2,1-3H3/q+1. The first-order valence-electron chi connectivity index (χ1n) is 6.48. The topological polar surface area (TPSA) is 7.12 Å². The molecule has 1 aromatic heterocycles. The van der Waals surface area contributed by atoms with Gasteiger partial charge in [0.1, 0.15) is 4.70 Å². The molecule has 3 heteroatoms. The third-order valence-electron chi connectivity index (χ3n) is 2.89. The van der Waals surface area contributed by atoms with Gasteiger partial charge in [-0.2, -0.15) is 4.57 Å². The van der Waals surface area contributed by atoms with Crippen molar-refractivity contribution in [1.29, 1.82) is 0 Å². The fourth-order valence-electron chi connectivity index (χ4n) is 1.94. The van der Waals surface area contributed by atoms with E-state index in [4.69, 9.17) is 0 Å². The van der Waals surface area contributed by atoms with E-state index in [0.717, 1.165) is 6.54 Å². The van der Waals surface area contributed by atoms with Crippen molar-refractivity contribution in [3.05, 3.63) is 35.5 Å². The van der Waals surface area contributed by atoms with Crippen molar-refractivity contribution in [2.75, 3.05) is 14.1 Å². The first kappa shape index (κ1) is 13.1. The number of fused-ring (bicyclic) bond motifs is 1. The summed E-state index contributed by atoms with van der Waals surface area (Å²) in [5.74, 6) is 0. The van der Waals surface area contributed by atoms with Crippen LogP contribution in [0, 0.1) is 0 Å². The van der Waals surface area contributed by atoms with Crippen molar-refractivity contribution in [1.82, 2.24) is 4.90 Å². The lowest BCUT2D eigenvalue weighted by Gasteiger charge is -2.01. The van der Waals surface area contributed by atoms with Gasteiger partial charge in [-0.3, -0.25) is 0 Å². The summed E-state index contributed by atoms with van der Waals surface area (Å²) < 4.78 is 3.80. The molecule has 2 aromatic rings. The van der Waals surface area contributed by atoms with Crippen LogP contribution in [0.2, 0.25) is 0 Å². The number of para-hydroxylation sites is 1. The van der Waals surface area contributed by atoms with Crippen LogP contribution in [0.4, 0.5) is 0 Å². The van der Waals surface area contributed by atoms with Crippen molar-refractivity contribution in [3.8, 4) is 0 Å². The summed E-state index contributed by atoms with van der Waals surface area (Å²) in [6.45, 7) is 3.35. The molecule has 0 unspecified atom stereocenters. The quantitative estimate of drug-likeness (QED) is 0.747. The Hall–Kier alpha value is -1.35. The van der Waals surface area contributed by atoms with Gasteiger partial charge in [-0.1, -0.05) is 36.8 Å². The highest BCUT2D eigenvalue weighted by Crippen LogP contribution is 2.21. The Morgan fingerprint density at radius 1 is 1.28 bits per heavy atom. The Kier molecular flexibility index (Phi) is 4.37. The van der Waals surface area contributed by atoms with E-state index < -0.39 is 0 Å². The number of hydrogen-bond donors (Lipinski definition) is 0. The summed E-state index contributed by atoms with van der Waals surface area (Å²) in [6, 6.07) is 8.66. The van der Waals surface area contributed by atoms with Crippen LogP contribution in [-0.2, 0) is 6.54 Å². The van der Waals surface area contributed by atoms with Gasteiger partial charge in [-0.05, 0) is 6.07 Å². The number of unbranched alkanes of at least 4 members (excludes halogenated alkanes) is 1. The fourth-order valence-corrected chi connectivity index (χ4v) is 3.02. The molecule has 0 aliphatic carbocycles. The minimum atomic E-state index is 1.10. The molecule has 0 amide bonds. The molecule has 0 N–H and O–H groups in total. The normalized spacial score (nSPS) is 11.5. The van der Waals surface area contributed by atoms with Crippen molar-refractivity contribution in [3.63, 3.8) is 0 Å². The smallest absolute Gasteiger partial charge is 0.264 e. The maximum absolute atomic E-state index is 2.43. The molecule has 1 aromatic carbocycles. The Labute approximate surface area is 113 Å². The molecule has 1 heterocycles. The first-order valence-corrected chi connectivity index (χ1v) is 7.30. The van der Waals surface area contributed by atoms with Crippen LogP contribution in [-0.4, -0.2) is 19.0 Å². The fraction of sp³-hybridized carbons (Fsp3) is 0.400. The molecule has 0 aliphatic heterocycles. The largest absolute Gasteiger partial charge is 0.383 e. The summed E-state index contributed by atoms with van der Waals surface area (Å²) in [5, 5.41) is 1.33. The molecule has 0 atom stereocenters. The van der Waals surface area contributed by atoms with E-state index in [9.17, 15) is 0 Å². The molecular weight excluding hydrogens is 240 g/mol. The predicted molar refractivity (Wildman–Crippen MR) is 79.6 cm³/mol. The van der Waals surface area contributed by atoms with Gasteiger partial charge in [0.25, 0.3) is 5.01 Å². The molecular formula is C15H21N2S+. The Morgan fingerprint density at radius 2 is 2.06 bits per heavy atom. The van der Waals surface area contributed by atoms with Crippen LogP contribution < -0.4 is 4.57 Å². The van der Waals surface area contributed by atoms with Crippen molar-refractivity contribution >= 4 is 27.6 Å². The second kappa shape index (κ2) is 6.01. The van der Waals surface area contributed by atoms with Gasteiger partial charge in [-0.25, -0.2) is 0 Å². The molecule has 2 rings (SSSR count). The molecule has 0 radical (unpaired) electrons. The third-order valence-corrected chi connectivity index (χ3v) is 4.02. The van der Waals surface area contributed by atoms with Gasteiger partial charge in [0, 0.05) is 38.9 Å². The van der Waals surface area contributed by atoms with Crippen LogP contribution in [0.5, 0.6) is 0 Å². The Morgan fingerprint density at radius 3 is 2.78 bits per heavy atom. The lowest BCUT2D eigenvalue weighted by molar-refractivity contribution is -0.669. The van der Waals surface area contributed by atoms with Crippen LogP contribution in [0.1, 0.15) is 24.8 Å². The summed E-state index contributed by atoms with van der Waals surface area (Å²) in [6.07, 6.45) is 6.79. The predicted octanol–water partition coefficient (Wildman–Crippen LogP) is 3.52. The van der Waals surface area contributed by atoms with Crippen LogP contribution in [0.3, 0.4) is 0 Å². The lowest BCUT2D eigenvalue weighted by Crippen LogP contribution is -2.35. The summed E-state index contributed by atoms with van der Waals surface area (Å²) in [7, 11) is 4.11. The monoisotopic (exact) mass is 261 g/mol. The lowest BCUT2D eigenvalue weighted by atomic mass is 10.3. The number of aromatic nitrogens is 1. The van der Waals surface area contributed by atoms with E-state index in [2.05, 4.69) is 67.0 Å². The zero-order chi connectivity index (χ0) is 13.0. The first-order chi connectivity index (χ1) is 8.72. The highest BCUT2D eigenvalue weighted by atomic mass is 32.1. The van der Waals surface area contributed by atoms with E-state index in [1.807, 2.05) is 11.3 Å². The molecule has 0 saturated carbocycles. The Balaban J connectivity index is 2.43. The van der Waals surface area contributed by atoms with Gasteiger partial charge >= 0.3 is 0 Å². The average Bonchev–Trinajstić information content (AvgIpc) is 2.71. The maximum atomic E-state index is 2.43. The number of thiazole rings is 1. The number of benzene rings is 1. The van der Waals surface area contributed by atoms with Gasteiger partial charge in [0.05, 0.1) is 0 Å². The highest BCUT2D eigenvalue weighted by molar-refractivity contribution is 7.18. The molecule has 0 fully saturated rings. The van der Waals surface area contributed by atoms with E-state index in [1.165, 1.54) is 28.1 Å². The SMILES string of the molecule is CCCC[n+]1c(C=CN(C)C)sc2ccccc21. The second-order valence-corrected chi connectivity index (χ2v) is 5.75. The summed E-state index contributed by atoms with van der Waals surface area (Å²) in [4.78, 5) is 2.08. The van der Waals surface area contributed by atoms with Gasteiger partial charge in [0.2, 0.25) is 5.52 Å². The number of hydrogen-bond acceptors (Lipinski definition) is 2. The number of aryl methyl sites for hydroxylation is 1. The molecule has 96 valence electrons. The zero-order valence-corrected chi connectivity index (χ0v) is 12.2. The minimum Gasteiger partial charge on any atom is -0.383 e. The van der Waals surface area contributed by atoms with Gasteiger partial charge in [0.15, 0.2) is 6.54 Å². The van der Waals surface area contributed by atoms with Crippen molar-refractivity contribution in [2.24, 2.45) is 0 Å². The van der Waals surface area contributed by atoms with E-state index in [-0.39, 0.29) is 0 Å². The molecule has 18 heavy (non-hydrogen) atoms. The number of rotatable bonds is 5. The molecule has 0 aliphatic rings. The second-order valence-electron chi connectivity index (χ2n) is 4.69. The number of nitrogens with zero attached hydrogens (tertiary/aromatic N) is 2. The van der Waals surface area contributed by atoms with Crippen molar-refractivity contribution in [2.45, 2.75) is 26.3 Å². The van der Waals surface area contributed by atoms with E-state index >= 15 is 0 Å². The van der Waals surface area contributed by atoms with Crippen LogP contribution >= 0.6 is 11.3 Å². The molecule has 0 saturated heterocycles. The van der Waals surface area contributed by atoms with E-state index in [1.54, 1.807) is 0 Å². The van der Waals surface area contributed by atoms with Crippen LogP contribution in [0.15, 0.2) is 30.5 Å². The summed E-state index contributed by atoms with van der Waals surface area (Å²) >= 11 is 1.87. The molecule has 0 bridgehead atoms. The Bertz CT molecular complexity index is 540. The third kappa shape index (κ3) is 2.91. The van der Waals surface area contributed by atoms with Crippen molar-refractivity contribution < 1.29 is 4.57 Å². The van der Waals surface area contributed by atoms with Gasteiger partial charge < -0.3 is 4.90 Å². The summed E-state index contributed by atoms with van der Waals surface area (Å²) in [5.41, 5.74) is 1.36. The maximum Gasteiger partial charge on any atom is 0.264 e.